The summed E-state index contributed by atoms with van der Waals surface area (Å²) in [4.78, 5) is 32.6. The van der Waals surface area contributed by atoms with Gasteiger partial charge in [0.05, 0.1) is 18.8 Å². The van der Waals surface area contributed by atoms with E-state index in [2.05, 4.69) is 15.4 Å². The number of pyridine rings is 1. The molecule has 10 nitrogen and oxygen atoms in total. The number of carbonyl (C=O) groups is 2. The SMILES string of the molecule is Cc1cc(Oc2ccn3ccnc3c2)ccc1NC(=O)c1cc2n(n1)CCN(C(=O)c1cc3ccccc3n1C)C2. The fourth-order valence-electron chi connectivity index (χ4n) is 5.32. The van der Waals surface area contributed by atoms with Gasteiger partial charge in [0.25, 0.3) is 11.8 Å². The average molecular weight is 546 g/mol. The largest absolute Gasteiger partial charge is 0.457 e. The molecule has 4 aromatic heterocycles. The number of imidazole rings is 1. The number of aromatic nitrogens is 5. The Hall–Kier alpha value is -5.38. The molecular formula is C31H27N7O3. The summed E-state index contributed by atoms with van der Waals surface area (Å²) in [5, 5.41) is 8.51. The quantitative estimate of drug-likeness (QED) is 0.328. The molecule has 7 rings (SSSR count). The first-order valence-corrected chi connectivity index (χ1v) is 13.4. The molecule has 204 valence electrons. The zero-order valence-corrected chi connectivity index (χ0v) is 22.6. The van der Waals surface area contributed by atoms with Crippen molar-refractivity contribution in [1.29, 1.82) is 0 Å². The first-order valence-electron chi connectivity index (χ1n) is 13.4. The molecule has 0 aliphatic carbocycles. The molecule has 0 atom stereocenters. The van der Waals surface area contributed by atoms with Gasteiger partial charge in [0, 0.05) is 54.8 Å². The summed E-state index contributed by atoms with van der Waals surface area (Å²) in [6.07, 6.45) is 5.50. The lowest BCUT2D eigenvalue weighted by Crippen LogP contribution is -2.39. The minimum atomic E-state index is -0.306. The van der Waals surface area contributed by atoms with Crippen LogP contribution in [0.2, 0.25) is 0 Å². The van der Waals surface area contributed by atoms with E-state index in [1.165, 1.54) is 0 Å². The lowest BCUT2D eigenvalue weighted by atomic mass is 10.2. The second-order valence-electron chi connectivity index (χ2n) is 10.2. The molecule has 0 saturated heterocycles. The molecule has 1 aliphatic rings. The number of para-hydroxylation sites is 1. The van der Waals surface area contributed by atoms with Gasteiger partial charge in [-0.25, -0.2) is 4.98 Å². The van der Waals surface area contributed by atoms with Crippen molar-refractivity contribution in [2.75, 3.05) is 11.9 Å². The van der Waals surface area contributed by atoms with Crippen LogP contribution in [0, 0.1) is 6.92 Å². The number of nitrogens with one attached hydrogen (secondary N) is 1. The summed E-state index contributed by atoms with van der Waals surface area (Å²) in [6, 6.07) is 20.9. The molecule has 0 radical (unpaired) electrons. The molecular weight excluding hydrogens is 518 g/mol. The van der Waals surface area contributed by atoms with Crippen LogP contribution < -0.4 is 10.1 Å². The summed E-state index contributed by atoms with van der Waals surface area (Å²) in [6.45, 7) is 3.34. The average Bonchev–Trinajstić information content (AvgIpc) is 3.71. The third-order valence-electron chi connectivity index (χ3n) is 7.54. The van der Waals surface area contributed by atoms with Crippen molar-refractivity contribution in [3.05, 3.63) is 108 Å². The number of fused-ring (bicyclic) bond motifs is 3. The Morgan fingerprint density at radius 3 is 2.66 bits per heavy atom. The second-order valence-corrected chi connectivity index (χ2v) is 10.2. The van der Waals surface area contributed by atoms with E-state index in [0.717, 1.165) is 27.8 Å². The molecule has 0 saturated carbocycles. The van der Waals surface area contributed by atoms with Crippen LogP contribution in [0.1, 0.15) is 32.2 Å². The highest BCUT2D eigenvalue weighted by atomic mass is 16.5. The second kappa shape index (κ2) is 9.67. The summed E-state index contributed by atoms with van der Waals surface area (Å²) in [5.41, 5.74) is 5.12. The fraction of sp³-hybridized carbons (Fsp3) is 0.161. The first-order chi connectivity index (χ1) is 19.9. The molecule has 41 heavy (non-hydrogen) atoms. The lowest BCUT2D eigenvalue weighted by Gasteiger charge is -2.27. The molecule has 2 aromatic carbocycles. The fourth-order valence-corrected chi connectivity index (χ4v) is 5.32. The normalized spacial score (nSPS) is 13.0. The van der Waals surface area contributed by atoms with Gasteiger partial charge < -0.3 is 23.9 Å². The summed E-state index contributed by atoms with van der Waals surface area (Å²) in [7, 11) is 1.91. The number of ether oxygens (including phenoxy) is 1. The van der Waals surface area contributed by atoms with Crippen LogP contribution in [0.15, 0.2) is 85.3 Å². The van der Waals surface area contributed by atoms with Crippen molar-refractivity contribution >= 4 is 34.1 Å². The van der Waals surface area contributed by atoms with Crippen molar-refractivity contribution in [1.82, 2.24) is 28.6 Å². The number of hydrogen-bond acceptors (Lipinski definition) is 5. The number of carbonyl (C=O) groups excluding carboxylic acids is 2. The van der Waals surface area contributed by atoms with Gasteiger partial charge in [0.15, 0.2) is 5.69 Å². The Bertz CT molecular complexity index is 1970. The van der Waals surface area contributed by atoms with Crippen molar-refractivity contribution in [2.45, 2.75) is 20.0 Å². The Labute approximate surface area is 235 Å². The van der Waals surface area contributed by atoms with E-state index >= 15 is 0 Å². The third kappa shape index (κ3) is 4.49. The van der Waals surface area contributed by atoms with Gasteiger partial charge in [-0.1, -0.05) is 18.2 Å². The molecule has 5 heterocycles. The van der Waals surface area contributed by atoms with E-state index in [-0.39, 0.29) is 11.8 Å². The maximum absolute atomic E-state index is 13.4. The van der Waals surface area contributed by atoms with Crippen molar-refractivity contribution in [2.24, 2.45) is 7.05 Å². The van der Waals surface area contributed by atoms with Gasteiger partial charge in [0.2, 0.25) is 0 Å². The van der Waals surface area contributed by atoms with Gasteiger partial charge in [-0.3, -0.25) is 14.3 Å². The number of anilines is 1. The highest BCUT2D eigenvalue weighted by Crippen LogP contribution is 2.27. The minimum Gasteiger partial charge on any atom is -0.457 e. The lowest BCUT2D eigenvalue weighted by molar-refractivity contribution is 0.0696. The highest BCUT2D eigenvalue weighted by Gasteiger charge is 2.26. The van der Waals surface area contributed by atoms with Gasteiger partial charge in [-0.15, -0.1) is 0 Å². The zero-order valence-electron chi connectivity index (χ0n) is 22.6. The smallest absolute Gasteiger partial charge is 0.276 e. The Balaban J connectivity index is 1.03. The number of aryl methyl sites for hydroxylation is 2. The van der Waals surface area contributed by atoms with E-state index < -0.39 is 0 Å². The summed E-state index contributed by atoms with van der Waals surface area (Å²) >= 11 is 0. The van der Waals surface area contributed by atoms with Crippen LogP contribution in [-0.4, -0.2) is 47.0 Å². The third-order valence-corrected chi connectivity index (χ3v) is 7.54. The molecule has 0 unspecified atom stereocenters. The molecule has 10 heteroatoms. The van der Waals surface area contributed by atoms with Crippen molar-refractivity contribution < 1.29 is 14.3 Å². The Morgan fingerprint density at radius 2 is 1.80 bits per heavy atom. The Kier molecular flexibility index (Phi) is 5.81. The zero-order chi connectivity index (χ0) is 28.1. The van der Waals surface area contributed by atoms with Gasteiger partial charge in [0.1, 0.15) is 22.8 Å². The molecule has 1 N–H and O–H groups in total. The van der Waals surface area contributed by atoms with Crippen LogP contribution >= 0.6 is 0 Å². The van der Waals surface area contributed by atoms with Crippen LogP contribution in [-0.2, 0) is 20.1 Å². The molecule has 0 spiro atoms. The standard InChI is InChI=1S/C31H27N7O3/c1-20-15-23(41-24-9-11-36-12-10-32-29(36)18-24)7-8-25(20)33-30(39)26-17-22-19-37(13-14-38(22)34-26)31(40)28-16-21-5-3-4-6-27(21)35(28)2/h3-12,15-18H,13-14,19H2,1-2H3,(H,33,39). The molecule has 0 fully saturated rings. The van der Waals surface area contributed by atoms with Gasteiger partial charge >= 0.3 is 0 Å². The van der Waals surface area contributed by atoms with Gasteiger partial charge in [-0.2, -0.15) is 5.10 Å². The number of nitrogens with zero attached hydrogens (tertiary/aromatic N) is 6. The van der Waals surface area contributed by atoms with Crippen LogP contribution in [0.4, 0.5) is 5.69 Å². The van der Waals surface area contributed by atoms with E-state index in [4.69, 9.17) is 4.74 Å². The molecule has 2 amide bonds. The summed E-state index contributed by atoms with van der Waals surface area (Å²) in [5.74, 6) is 0.992. The van der Waals surface area contributed by atoms with Crippen LogP contribution in [0.5, 0.6) is 11.5 Å². The van der Waals surface area contributed by atoms with Crippen molar-refractivity contribution in [3.8, 4) is 11.5 Å². The van der Waals surface area contributed by atoms with E-state index in [9.17, 15) is 9.59 Å². The monoisotopic (exact) mass is 545 g/mol. The number of rotatable bonds is 5. The molecule has 6 aromatic rings. The first kappa shape index (κ1) is 24.6. The van der Waals surface area contributed by atoms with Crippen molar-refractivity contribution in [3.63, 3.8) is 0 Å². The maximum atomic E-state index is 13.4. The number of benzene rings is 2. The topological polar surface area (TPSA) is 98.7 Å². The number of amides is 2. The Morgan fingerprint density at radius 1 is 0.951 bits per heavy atom. The van der Waals surface area contributed by atoms with E-state index in [1.807, 2.05) is 96.0 Å². The van der Waals surface area contributed by atoms with E-state index in [1.54, 1.807) is 21.8 Å². The molecule has 1 aliphatic heterocycles. The molecule has 0 bridgehead atoms. The van der Waals surface area contributed by atoms with Gasteiger partial charge in [-0.05, 0) is 55.0 Å². The van der Waals surface area contributed by atoms with Crippen LogP contribution in [0.25, 0.3) is 16.6 Å². The summed E-state index contributed by atoms with van der Waals surface area (Å²) < 4.78 is 11.7. The van der Waals surface area contributed by atoms with Crippen LogP contribution in [0.3, 0.4) is 0 Å². The van der Waals surface area contributed by atoms with E-state index in [0.29, 0.717) is 48.2 Å². The predicted molar refractivity (Wildman–Crippen MR) is 154 cm³/mol. The number of hydrogen-bond donors (Lipinski definition) is 1. The highest BCUT2D eigenvalue weighted by molar-refractivity contribution is 6.03. The minimum absolute atomic E-state index is 0.0372. The predicted octanol–water partition coefficient (Wildman–Crippen LogP) is 5.03. The maximum Gasteiger partial charge on any atom is 0.276 e.